The van der Waals surface area contributed by atoms with Crippen LogP contribution in [-0.2, 0) is 4.74 Å². The third-order valence-corrected chi connectivity index (χ3v) is 4.95. The molecule has 26 heavy (non-hydrogen) atoms. The Kier molecular flexibility index (Phi) is 3.89. The van der Waals surface area contributed by atoms with Crippen molar-refractivity contribution in [1.82, 2.24) is 0 Å². The van der Waals surface area contributed by atoms with Gasteiger partial charge in [-0.1, -0.05) is 12.1 Å². The Balaban J connectivity index is 1.98. The summed E-state index contributed by atoms with van der Waals surface area (Å²) < 4.78 is 16.3. The molecule has 1 unspecified atom stereocenters. The first-order chi connectivity index (χ1) is 12.6. The average molecular weight is 351 g/mol. The summed E-state index contributed by atoms with van der Waals surface area (Å²) in [6, 6.07) is 8.17. The summed E-state index contributed by atoms with van der Waals surface area (Å²) in [7, 11) is 6.88. The van der Waals surface area contributed by atoms with Gasteiger partial charge in [-0.2, -0.15) is 0 Å². The molecule has 0 saturated carbocycles. The van der Waals surface area contributed by atoms with Gasteiger partial charge in [-0.3, -0.25) is 0 Å². The number of methoxy groups -OCH3 is 3. The molecular weight excluding hydrogens is 330 g/mol. The van der Waals surface area contributed by atoms with E-state index in [1.165, 1.54) is 0 Å². The van der Waals surface area contributed by atoms with Crippen LogP contribution in [0.1, 0.15) is 5.56 Å². The second kappa shape index (κ2) is 6.11. The molecule has 1 aliphatic carbocycles. The van der Waals surface area contributed by atoms with Crippen LogP contribution in [0.15, 0.2) is 53.9 Å². The van der Waals surface area contributed by atoms with Crippen LogP contribution < -0.4 is 14.4 Å². The lowest BCUT2D eigenvalue weighted by molar-refractivity contribution is 0.127. The summed E-state index contributed by atoms with van der Waals surface area (Å²) >= 11 is 0. The van der Waals surface area contributed by atoms with Crippen molar-refractivity contribution in [2.24, 2.45) is 0 Å². The van der Waals surface area contributed by atoms with E-state index in [9.17, 15) is 5.11 Å². The summed E-state index contributed by atoms with van der Waals surface area (Å²) in [5.41, 5.74) is 4.20. The summed E-state index contributed by atoms with van der Waals surface area (Å²) in [4.78, 5) is 2.08. The number of nitrogens with zero attached hydrogens (tertiary/aromatic N) is 1. The van der Waals surface area contributed by atoms with E-state index in [4.69, 9.17) is 14.2 Å². The lowest BCUT2D eigenvalue weighted by Crippen LogP contribution is -2.22. The molecule has 5 nitrogen and oxygen atoms in total. The van der Waals surface area contributed by atoms with E-state index in [2.05, 4.69) is 17.0 Å². The van der Waals surface area contributed by atoms with Crippen LogP contribution in [-0.4, -0.2) is 39.6 Å². The number of aliphatic hydroxyl groups is 1. The Bertz CT molecular complexity index is 987. The molecular formula is C21H21NO4. The third kappa shape index (κ3) is 2.35. The van der Waals surface area contributed by atoms with Gasteiger partial charge in [0, 0.05) is 36.9 Å². The fourth-order valence-electron chi connectivity index (χ4n) is 3.70. The third-order valence-electron chi connectivity index (χ3n) is 4.95. The SMILES string of the molecule is COc1cc2ccc3c(c2cc1OC)N(C)C=C1C=C(O)C(OC)C=C13. The van der Waals surface area contributed by atoms with Crippen molar-refractivity contribution >= 4 is 22.0 Å². The molecule has 2 aromatic rings. The van der Waals surface area contributed by atoms with E-state index < -0.39 is 6.10 Å². The largest absolute Gasteiger partial charge is 0.509 e. The quantitative estimate of drug-likeness (QED) is 0.904. The molecule has 0 radical (unpaired) electrons. The molecule has 0 spiro atoms. The first kappa shape index (κ1) is 16.5. The van der Waals surface area contributed by atoms with Crippen molar-refractivity contribution < 1.29 is 19.3 Å². The fraction of sp³-hybridized carbons (Fsp3) is 0.238. The van der Waals surface area contributed by atoms with Crippen molar-refractivity contribution in [2.45, 2.75) is 6.10 Å². The first-order valence-corrected chi connectivity index (χ1v) is 8.36. The number of rotatable bonds is 3. The van der Waals surface area contributed by atoms with Crippen LogP contribution in [0, 0.1) is 0 Å². The van der Waals surface area contributed by atoms with Gasteiger partial charge in [0.1, 0.15) is 11.9 Å². The maximum atomic E-state index is 10.1. The maximum Gasteiger partial charge on any atom is 0.161 e. The van der Waals surface area contributed by atoms with Crippen LogP contribution in [0.5, 0.6) is 11.5 Å². The van der Waals surface area contributed by atoms with Crippen molar-refractivity contribution in [1.29, 1.82) is 0 Å². The summed E-state index contributed by atoms with van der Waals surface area (Å²) in [5.74, 6) is 1.62. The molecule has 1 atom stereocenters. The highest BCUT2D eigenvalue weighted by molar-refractivity contribution is 6.06. The zero-order valence-corrected chi connectivity index (χ0v) is 15.2. The van der Waals surface area contributed by atoms with Gasteiger partial charge in [0.05, 0.1) is 19.9 Å². The van der Waals surface area contributed by atoms with Crippen molar-refractivity contribution in [3.63, 3.8) is 0 Å². The van der Waals surface area contributed by atoms with Gasteiger partial charge in [-0.25, -0.2) is 0 Å². The molecule has 2 aliphatic rings. The molecule has 1 heterocycles. The van der Waals surface area contributed by atoms with Gasteiger partial charge < -0.3 is 24.2 Å². The van der Waals surface area contributed by atoms with Crippen LogP contribution in [0.3, 0.4) is 0 Å². The number of allylic oxidation sites excluding steroid dienone is 3. The van der Waals surface area contributed by atoms with Crippen molar-refractivity contribution in [3.8, 4) is 11.5 Å². The highest BCUT2D eigenvalue weighted by Gasteiger charge is 2.27. The molecule has 1 N–H and O–H groups in total. The number of hydrogen-bond acceptors (Lipinski definition) is 5. The lowest BCUT2D eigenvalue weighted by Gasteiger charge is -2.31. The van der Waals surface area contributed by atoms with Crippen LogP contribution in [0.25, 0.3) is 16.3 Å². The number of hydrogen-bond donors (Lipinski definition) is 1. The Hall–Kier alpha value is -2.92. The minimum absolute atomic E-state index is 0.214. The van der Waals surface area contributed by atoms with E-state index >= 15 is 0 Å². The van der Waals surface area contributed by atoms with Gasteiger partial charge in [0.2, 0.25) is 0 Å². The van der Waals surface area contributed by atoms with Crippen LogP contribution in [0.4, 0.5) is 5.69 Å². The molecule has 0 bridgehead atoms. The first-order valence-electron chi connectivity index (χ1n) is 8.36. The normalized spacial score (nSPS) is 18.5. The van der Waals surface area contributed by atoms with Crippen LogP contribution in [0.2, 0.25) is 0 Å². The Morgan fingerprint density at radius 1 is 1.04 bits per heavy atom. The number of fused-ring (bicyclic) bond motifs is 5. The van der Waals surface area contributed by atoms with Crippen molar-refractivity contribution in [2.75, 3.05) is 33.3 Å². The van der Waals surface area contributed by atoms with Crippen molar-refractivity contribution in [3.05, 3.63) is 59.5 Å². The Labute approximate surface area is 152 Å². The second-order valence-corrected chi connectivity index (χ2v) is 6.39. The average Bonchev–Trinajstić information content (AvgIpc) is 2.65. The number of anilines is 1. The fourth-order valence-corrected chi connectivity index (χ4v) is 3.70. The van der Waals surface area contributed by atoms with E-state index in [1.807, 2.05) is 31.5 Å². The topological polar surface area (TPSA) is 51.2 Å². The minimum Gasteiger partial charge on any atom is -0.509 e. The molecule has 0 saturated heterocycles. The highest BCUT2D eigenvalue weighted by Crippen LogP contribution is 2.45. The Morgan fingerprint density at radius 2 is 1.77 bits per heavy atom. The summed E-state index contributed by atoms with van der Waals surface area (Å²) in [6.45, 7) is 0. The number of benzene rings is 2. The van der Waals surface area contributed by atoms with Gasteiger partial charge >= 0.3 is 0 Å². The molecule has 2 aromatic carbocycles. The van der Waals surface area contributed by atoms with E-state index in [1.54, 1.807) is 27.4 Å². The molecule has 4 rings (SSSR count). The van der Waals surface area contributed by atoms with Gasteiger partial charge in [-0.15, -0.1) is 0 Å². The van der Waals surface area contributed by atoms with Crippen LogP contribution >= 0.6 is 0 Å². The monoisotopic (exact) mass is 351 g/mol. The second-order valence-electron chi connectivity index (χ2n) is 6.39. The summed E-state index contributed by atoms with van der Waals surface area (Å²) in [5, 5.41) is 12.3. The maximum absolute atomic E-state index is 10.1. The van der Waals surface area contributed by atoms with E-state index in [-0.39, 0.29) is 5.76 Å². The zero-order chi connectivity index (χ0) is 18.4. The van der Waals surface area contributed by atoms with E-state index in [0.29, 0.717) is 11.5 Å². The number of aliphatic hydroxyl groups excluding tert-OH is 1. The minimum atomic E-state index is -0.431. The molecule has 0 fully saturated rings. The molecule has 5 heteroatoms. The van der Waals surface area contributed by atoms with Gasteiger partial charge in [0.25, 0.3) is 0 Å². The lowest BCUT2D eigenvalue weighted by atomic mass is 9.86. The number of ether oxygens (including phenoxy) is 3. The predicted octanol–water partition coefficient (Wildman–Crippen LogP) is 4.04. The predicted molar refractivity (Wildman–Crippen MR) is 103 cm³/mol. The van der Waals surface area contributed by atoms with Gasteiger partial charge in [0.15, 0.2) is 11.5 Å². The smallest absolute Gasteiger partial charge is 0.161 e. The molecule has 134 valence electrons. The standard InChI is InChI=1S/C21H21NO4/c1-22-11-13-7-17(23)18(24-2)9-15(13)14-6-5-12-8-19(25-3)20(26-4)10-16(12)21(14)22/h5-11,18,23H,1-4H3. The summed E-state index contributed by atoms with van der Waals surface area (Å²) in [6.07, 6.45) is 5.31. The van der Waals surface area contributed by atoms with Gasteiger partial charge in [-0.05, 0) is 35.2 Å². The zero-order valence-electron chi connectivity index (χ0n) is 15.2. The molecule has 0 amide bonds. The molecule has 0 aromatic heterocycles. The Morgan fingerprint density at radius 3 is 2.46 bits per heavy atom. The van der Waals surface area contributed by atoms with E-state index in [0.717, 1.165) is 33.2 Å². The highest BCUT2D eigenvalue weighted by atomic mass is 16.5. The molecule has 1 aliphatic heterocycles.